The second-order valence-electron chi connectivity index (χ2n) is 6.45. The number of nitrogens with zero attached hydrogens (tertiary/aromatic N) is 2. The van der Waals surface area contributed by atoms with Crippen LogP contribution in [0.4, 0.5) is 10.5 Å². The average molecular weight is 307 g/mol. The van der Waals surface area contributed by atoms with E-state index in [1.807, 2.05) is 6.07 Å². The molecule has 2 aliphatic heterocycles. The number of fused-ring (bicyclic) bond motifs is 2. The molecule has 0 radical (unpaired) electrons. The van der Waals surface area contributed by atoms with Crippen molar-refractivity contribution in [2.45, 2.75) is 31.7 Å². The Bertz CT molecular complexity index is 604. The molecule has 2 heterocycles. The highest BCUT2D eigenvalue weighted by Crippen LogP contribution is 2.50. The van der Waals surface area contributed by atoms with Crippen molar-refractivity contribution in [2.24, 2.45) is 5.92 Å². The molecule has 0 spiro atoms. The molecule has 21 heavy (non-hydrogen) atoms. The number of anilines is 1. The van der Waals surface area contributed by atoms with E-state index < -0.39 is 6.09 Å². The molecule has 0 aromatic heterocycles. The Hall–Kier alpha value is -1.42. The summed E-state index contributed by atoms with van der Waals surface area (Å²) in [6.07, 6.45) is 2.98. The van der Waals surface area contributed by atoms with E-state index in [9.17, 15) is 9.90 Å². The quantitative estimate of drug-likeness (QED) is 0.797. The van der Waals surface area contributed by atoms with Crippen molar-refractivity contribution in [1.29, 1.82) is 0 Å². The number of carboxylic acid groups (broad SMARTS) is 1. The topological polar surface area (TPSA) is 43.8 Å². The number of hydrogen-bond acceptors (Lipinski definition) is 2. The van der Waals surface area contributed by atoms with E-state index >= 15 is 0 Å². The summed E-state index contributed by atoms with van der Waals surface area (Å²) in [7, 11) is 0. The van der Waals surface area contributed by atoms with Gasteiger partial charge in [0, 0.05) is 30.3 Å². The van der Waals surface area contributed by atoms with Gasteiger partial charge in [-0.15, -0.1) is 0 Å². The van der Waals surface area contributed by atoms with Gasteiger partial charge in [0.2, 0.25) is 0 Å². The molecule has 3 aliphatic rings. The van der Waals surface area contributed by atoms with Crippen LogP contribution in [0.5, 0.6) is 0 Å². The van der Waals surface area contributed by atoms with Crippen LogP contribution in [0.2, 0.25) is 5.02 Å². The van der Waals surface area contributed by atoms with E-state index in [1.54, 1.807) is 0 Å². The van der Waals surface area contributed by atoms with Gasteiger partial charge in [-0.05, 0) is 47.9 Å². The van der Waals surface area contributed by atoms with Crippen LogP contribution in [0.1, 0.15) is 36.3 Å². The predicted molar refractivity (Wildman–Crippen MR) is 82.2 cm³/mol. The molecule has 1 fully saturated rings. The van der Waals surface area contributed by atoms with E-state index in [4.69, 9.17) is 11.6 Å². The first-order valence-electron chi connectivity index (χ1n) is 7.68. The molecule has 0 saturated heterocycles. The standard InChI is InChI=1S/C16H19ClN2O2/c17-12-6-11-9-19(16(20)21)5-4-18-8-10-2-1-3-13(10)14(7-12)15(11)18/h6-7,10,13H,1-5,8-9H2,(H,20,21). The third-order valence-corrected chi connectivity index (χ3v) is 5.50. The lowest BCUT2D eigenvalue weighted by atomic mass is 9.82. The Morgan fingerprint density at radius 1 is 1.29 bits per heavy atom. The van der Waals surface area contributed by atoms with Crippen LogP contribution in [-0.2, 0) is 6.54 Å². The summed E-state index contributed by atoms with van der Waals surface area (Å²) in [5.41, 5.74) is 3.70. The number of benzene rings is 1. The second kappa shape index (κ2) is 4.80. The van der Waals surface area contributed by atoms with Crippen molar-refractivity contribution in [1.82, 2.24) is 4.90 Å². The van der Waals surface area contributed by atoms with Gasteiger partial charge in [-0.2, -0.15) is 0 Å². The Morgan fingerprint density at radius 2 is 2.14 bits per heavy atom. The lowest BCUT2D eigenvalue weighted by Crippen LogP contribution is -2.39. The van der Waals surface area contributed by atoms with Gasteiger partial charge in [-0.3, -0.25) is 0 Å². The van der Waals surface area contributed by atoms with Gasteiger partial charge in [-0.25, -0.2) is 4.79 Å². The Balaban J connectivity index is 1.84. The molecule has 112 valence electrons. The van der Waals surface area contributed by atoms with E-state index in [1.165, 1.54) is 35.4 Å². The highest BCUT2D eigenvalue weighted by Gasteiger charge is 2.39. The largest absolute Gasteiger partial charge is 0.465 e. The maximum absolute atomic E-state index is 11.4. The van der Waals surface area contributed by atoms with Gasteiger partial charge in [0.25, 0.3) is 0 Å². The molecule has 4 nitrogen and oxygen atoms in total. The summed E-state index contributed by atoms with van der Waals surface area (Å²) < 4.78 is 0. The summed E-state index contributed by atoms with van der Waals surface area (Å²) in [5, 5.41) is 10.1. The highest BCUT2D eigenvalue weighted by atomic mass is 35.5. The molecule has 4 rings (SSSR count). The predicted octanol–water partition coefficient (Wildman–Crippen LogP) is 3.54. The number of halogens is 1. The van der Waals surface area contributed by atoms with Gasteiger partial charge in [-0.1, -0.05) is 18.0 Å². The van der Waals surface area contributed by atoms with Crippen molar-refractivity contribution in [3.05, 3.63) is 28.3 Å². The zero-order valence-corrected chi connectivity index (χ0v) is 12.6. The fourth-order valence-electron chi connectivity index (χ4n) is 4.40. The van der Waals surface area contributed by atoms with Crippen LogP contribution in [0, 0.1) is 5.92 Å². The van der Waals surface area contributed by atoms with Crippen molar-refractivity contribution >= 4 is 23.4 Å². The van der Waals surface area contributed by atoms with Crippen molar-refractivity contribution in [3.8, 4) is 0 Å². The molecular formula is C16H19ClN2O2. The molecule has 1 saturated carbocycles. The number of rotatable bonds is 0. The Labute approximate surface area is 129 Å². The van der Waals surface area contributed by atoms with Crippen LogP contribution >= 0.6 is 11.6 Å². The lowest BCUT2D eigenvalue weighted by Gasteiger charge is -2.38. The first-order chi connectivity index (χ1) is 10.1. The summed E-state index contributed by atoms with van der Waals surface area (Å²) in [4.78, 5) is 15.3. The van der Waals surface area contributed by atoms with Gasteiger partial charge in [0.15, 0.2) is 0 Å². The van der Waals surface area contributed by atoms with Crippen LogP contribution in [0.25, 0.3) is 0 Å². The minimum Gasteiger partial charge on any atom is -0.465 e. The SMILES string of the molecule is O=C(O)N1CCN2CC3CCCC3c3cc(Cl)cc(c32)C1. The zero-order valence-electron chi connectivity index (χ0n) is 11.9. The molecule has 0 bridgehead atoms. The van der Waals surface area contributed by atoms with Crippen LogP contribution in [0.3, 0.4) is 0 Å². The Kier molecular flexibility index (Phi) is 3.03. The third-order valence-electron chi connectivity index (χ3n) is 5.28. The second-order valence-corrected chi connectivity index (χ2v) is 6.89. The van der Waals surface area contributed by atoms with E-state index in [0.29, 0.717) is 24.9 Å². The molecule has 2 unspecified atom stereocenters. The average Bonchev–Trinajstić information content (AvgIpc) is 2.82. The van der Waals surface area contributed by atoms with Crippen molar-refractivity contribution < 1.29 is 9.90 Å². The van der Waals surface area contributed by atoms with Crippen LogP contribution in [-0.4, -0.2) is 35.7 Å². The van der Waals surface area contributed by atoms with Crippen LogP contribution < -0.4 is 4.90 Å². The molecule has 1 aliphatic carbocycles. The minimum atomic E-state index is -0.844. The lowest BCUT2D eigenvalue weighted by molar-refractivity contribution is 0.144. The number of amides is 1. The molecule has 5 heteroatoms. The Morgan fingerprint density at radius 3 is 2.95 bits per heavy atom. The van der Waals surface area contributed by atoms with E-state index in [-0.39, 0.29) is 0 Å². The molecule has 1 aromatic rings. The minimum absolute atomic E-state index is 0.451. The first-order valence-corrected chi connectivity index (χ1v) is 8.06. The molecular weight excluding hydrogens is 288 g/mol. The first kappa shape index (κ1) is 13.3. The van der Waals surface area contributed by atoms with Crippen LogP contribution in [0.15, 0.2) is 12.1 Å². The summed E-state index contributed by atoms with van der Waals surface area (Å²) in [5.74, 6) is 1.32. The van der Waals surface area contributed by atoms with Crippen molar-refractivity contribution in [3.63, 3.8) is 0 Å². The fourth-order valence-corrected chi connectivity index (χ4v) is 4.65. The molecule has 2 atom stereocenters. The maximum atomic E-state index is 11.4. The summed E-state index contributed by atoms with van der Waals surface area (Å²) >= 11 is 6.32. The summed E-state index contributed by atoms with van der Waals surface area (Å²) in [6, 6.07) is 4.07. The zero-order chi connectivity index (χ0) is 14.6. The fraction of sp³-hybridized carbons (Fsp3) is 0.562. The number of hydrogen-bond donors (Lipinski definition) is 1. The molecule has 1 amide bonds. The smallest absolute Gasteiger partial charge is 0.407 e. The molecule has 1 aromatic carbocycles. The van der Waals surface area contributed by atoms with E-state index in [2.05, 4.69) is 11.0 Å². The normalized spacial score (nSPS) is 27.1. The number of carbonyl (C=O) groups is 1. The highest BCUT2D eigenvalue weighted by molar-refractivity contribution is 6.30. The maximum Gasteiger partial charge on any atom is 0.407 e. The van der Waals surface area contributed by atoms with Gasteiger partial charge < -0.3 is 14.9 Å². The van der Waals surface area contributed by atoms with Gasteiger partial charge in [0.1, 0.15) is 0 Å². The third kappa shape index (κ3) is 2.08. The van der Waals surface area contributed by atoms with Crippen molar-refractivity contribution in [2.75, 3.05) is 24.5 Å². The monoisotopic (exact) mass is 306 g/mol. The van der Waals surface area contributed by atoms with E-state index in [0.717, 1.165) is 23.7 Å². The summed E-state index contributed by atoms with van der Waals surface area (Å²) in [6.45, 7) is 2.88. The van der Waals surface area contributed by atoms with Gasteiger partial charge >= 0.3 is 6.09 Å². The van der Waals surface area contributed by atoms with Gasteiger partial charge in [0.05, 0.1) is 6.54 Å². The molecule has 1 N–H and O–H groups in total.